The quantitative estimate of drug-likeness (QED) is 0.254. The Morgan fingerprint density at radius 1 is 0.938 bits per heavy atom. The fourth-order valence-corrected chi connectivity index (χ4v) is 4.45. The molecule has 0 atom stereocenters. The minimum absolute atomic E-state index is 0.397. The van der Waals surface area contributed by atoms with E-state index in [0.717, 1.165) is 32.9 Å². The Labute approximate surface area is 188 Å². The van der Waals surface area contributed by atoms with Gasteiger partial charge in [0.05, 0.1) is 27.5 Å². The maximum atomic E-state index is 12.7. The van der Waals surface area contributed by atoms with Crippen molar-refractivity contribution in [3.05, 3.63) is 95.4 Å². The Morgan fingerprint density at radius 3 is 2.31 bits per heavy atom. The van der Waals surface area contributed by atoms with Gasteiger partial charge >= 0.3 is 5.97 Å². The van der Waals surface area contributed by atoms with Crippen LogP contribution in [0.4, 0.5) is 0 Å². The molecule has 32 heavy (non-hydrogen) atoms. The van der Waals surface area contributed by atoms with E-state index in [1.807, 2.05) is 66.2 Å². The van der Waals surface area contributed by atoms with Crippen LogP contribution < -0.4 is 4.74 Å². The molecular formula is C26H17N3O2S. The number of carbonyl (C=O) groups is 1. The third-order valence-corrected chi connectivity index (χ3v) is 6.29. The van der Waals surface area contributed by atoms with E-state index in [-0.39, 0.29) is 0 Å². The summed E-state index contributed by atoms with van der Waals surface area (Å²) in [7, 11) is 1.97. The number of carbonyl (C=O) groups excluding carboxylic acids is 1. The van der Waals surface area contributed by atoms with Gasteiger partial charge in [0, 0.05) is 7.05 Å². The fraction of sp³-hybridized carbons (Fsp3) is 0.0385. The number of nitrogens with zero attached hydrogens (tertiary/aromatic N) is 3. The van der Waals surface area contributed by atoms with Gasteiger partial charge in [-0.15, -0.1) is 11.3 Å². The van der Waals surface area contributed by atoms with Crippen LogP contribution in [0.15, 0.2) is 84.9 Å². The van der Waals surface area contributed by atoms with E-state index < -0.39 is 5.97 Å². The molecule has 0 unspecified atom stereocenters. The number of benzene rings is 3. The van der Waals surface area contributed by atoms with Gasteiger partial charge < -0.3 is 9.30 Å². The van der Waals surface area contributed by atoms with Crippen molar-refractivity contribution in [3.8, 4) is 33.6 Å². The van der Waals surface area contributed by atoms with Crippen LogP contribution in [-0.4, -0.2) is 15.5 Å². The molecule has 0 N–H and O–H groups in total. The number of aromatic nitrogens is 2. The van der Waals surface area contributed by atoms with Crippen molar-refractivity contribution in [2.24, 2.45) is 7.05 Å². The number of fused-ring (bicyclic) bond motifs is 1. The highest BCUT2D eigenvalue weighted by atomic mass is 32.1. The van der Waals surface area contributed by atoms with E-state index in [2.05, 4.69) is 6.07 Å². The van der Waals surface area contributed by atoms with E-state index in [1.54, 1.807) is 30.3 Å². The number of esters is 1. The lowest BCUT2D eigenvalue weighted by molar-refractivity contribution is 0.0740. The summed E-state index contributed by atoms with van der Waals surface area (Å²) < 4.78 is 7.59. The van der Waals surface area contributed by atoms with Crippen molar-refractivity contribution >= 4 is 28.3 Å². The molecule has 0 aliphatic carbocycles. The molecular weight excluding hydrogens is 418 g/mol. The first kappa shape index (κ1) is 19.7. The number of nitriles is 1. The first-order chi connectivity index (χ1) is 15.6. The number of ether oxygens (including phenoxy) is 1. The van der Waals surface area contributed by atoms with Crippen LogP contribution in [0.3, 0.4) is 0 Å². The molecule has 0 saturated heterocycles. The van der Waals surface area contributed by atoms with Crippen LogP contribution in [0.25, 0.3) is 32.9 Å². The Morgan fingerprint density at radius 2 is 1.62 bits per heavy atom. The number of rotatable bonds is 4. The largest absolute Gasteiger partial charge is 0.422 e. The second-order valence-corrected chi connectivity index (χ2v) is 8.33. The smallest absolute Gasteiger partial charge is 0.353 e. The summed E-state index contributed by atoms with van der Waals surface area (Å²) in [5, 5.41) is 8.92. The van der Waals surface area contributed by atoms with Crippen molar-refractivity contribution < 1.29 is 9.53 Å². The molecule has 154 valence electrons. The molecule has 0 aliphatic heterocycles. The molecule has 0 amide bonds. The normalized spacial score (nSPS) is 10.8. The zero-order valence-electron chi connectivity index (χ0n) is 17.1. The Kier molecular flexibility index (Phi) is 5.02. The molecule has 3 aromatic carbocycles. The molecule has 0 fully saturated rings. The number of hydrogen-bond acceptors (Lipinski definition) is 5. The topological polar surface area (TPSA) is 67.9 Å². The van der Waals surface area contributed by atoms with E-state index in [4.69, 9.17) is 15.0 Å². The maximum Gasteiger partial charge on any atom is 0.353 e. The first-order valence-corrected chi connectivity index (χ1v) is 10.8. The van der Waals surface area contributed by atoms with Crippen molar-refractivity contribution in [2.45, 2.75) is 0 Å². The fourth-order valence-electron chi connectivity index (χ4n) is 3.54. The van der Waals surface area contributed by atoms with Crippen LogP contribution in [0.2, 0.25) is 0 Å². The summed E-state index contributed by atoms with van der Waals surface area (Å²) >= 11 is 1.36. The van der Waals surface area contributed by atoms with Gasteiger partial charge in [-0.1, -0.05) is 36.4 Å². The Balaban J connectivity index is 1.32. The number of aryl methyl sites for hydroxylation is 1. The molecule has 0 aliphatic rings. The molecule has 6 heteroatoms. The SMILES string of the molecule is Cn1c(-c2ccc(C(=O)Oc3ccc(-c4ccc(C#N)cc4)cc3)s2)nc2ccccc21. The predicted octanol–water partition coefficient (Wildman–Crippen LogP) is 6.06. The number of thiophene rings is 1. The number of hydrogen-bond donors (Lipinski definition) is 0. The van der Waals surface area contributed by atoms with E-state index >= 15 is 0 Å². The highest BCUT2D eigenvalue weighted by molar-refractivity contribution is 7.17. The highest BCUT2D eigenvalue weighted by Crippen LogP contribution is 2.31. The summed E-state index contributed by atoms with van der Waals surface area (Å²) in [5.74, 6) is 0.901. The second kappa shape index (κ2) is 8.14. The lowest BCUT2D eigenvalue weighted by Crippen LogP contribution is -2.06. The van der Waals surface area contributed by atoms with Crippen molar-refractivity contribution in [1.82, 2.24) is 9.55 Å². The molecule has 2 heterocycles. The summed E-state index contributed by atoms with van der Waals surface area (Å²) in [6.45, 7) is 0. The van der Waals surface area contributed by atoms with Crippen LogP contribution in [0, 0.1) is 11.3 Å². The summed E-state index contributed by atoms with van der Waals surface area (Å²) in [4.78, 5) is 18.8. The lowest BCUT2D eigenvalue weighted by Gasteiger charge is -2.05. The van der Waals surface area contributed by atoms with Crippen molar-refractivity contribution in [2.75, 3.05) is 0 Å². The van der Waals surface area contributed by atoms with Gasteiger partial charge in [-0.25, -0.2) is 9.78 Å². The molecule has 2 aromatic heterocycles. The van der Waals surface area contributed by atoms with Gasteiger partial charge in [-0.05, 0) is 59.7 Å². The summed E-state index contributed by atoms with van der Waals surface area (Å²) in [5.41, 5.74) is 4.56. The van der Waals surface area contributed by atoms with Gasteiger partial charge in [0.2, 0.25) is 0 Å². The second-order valence-electron chi connectivity index (χ2n) is 7.25. The standard InChI is InChI=1S/C26H17N3O2S/c1-29-22-5-3-2-4-21(22)28-25(29)23-14-15-24(32-23)26(30)31-20-12-10-19(11-13-20)18-8-6-17(16-27)7-9-18/h2-15H,1H3. The van der Waals surface area contributed by atoms with Gasteiger partial charge in [0.1, 0.15) is 10.6 Å². The van der Waals surface area contributed by atoms with Crippen LogP contribution >= 0.6 is 11.3 Å². The first-order valence-electron chi connectivity index (χ1n) is 9.97. The molecule has 5 nitrogen and oxygen atoms in total. The van der Waals surface area contributed by atoms with Gasteiger partial charge in [0.15, 0.2) is 5.82 Å². The van der Waals surface area contributed by atoms with Crippen molar-refractivity contribution in [3.63, 3.8) is 0 Å². The third kappa shape index (κ3) is 3.66. The average Bonchev–Trinajstić information content (AvgIpc) is 3.45. The average molecular weight is 436 g/mol. The van der Waals surface area contributed by atoms with Gasteiger partial charge in [-0.2, -0.15) is 5.26 Å². The molecule has 5 rings (SSSR count). The molecule has 0 saturated carbocycles. The zero-order valence-corrected chi connectivity index (χ0v) is 18.0. The Bertz CT molecular complexity index is 1470. The minimum Gasteiger partial charge on any atom is -0.422 e. The lowest BCUT2D eigenvalue weighted by atomic mass is 10.0. The number of imidazole rings is 1. The van der Waals surface area contributed by atoms with E-state index in [9.17, 15) is 4.79 Å². The van der Waals surface area contributed by atoms with E-state index in [0.29, 0.717) is 16.2 Å². The molecule has 0 radical (unpaired) electrons. The summed E-state index contributed by atoms with van der Waals surface area (Å²) in [6.07, 6.45) is 0. The molecule has 5 aromatic rings. The minimum atomic E-state index is -0.397. The van der Waals surface area contributed by atoms with Gasteiger partial charge in [-0.3, -0.25) is 0 Å². The van der Waals surface area contributed by atoms with Crippen molar-refractivity contribution in [1.29, 1.82) is 5.26 Å². The molecule has 0 spiro atoms. The van der Waals surface area contributed by atoms with Crippen LogP contribution in [-0.2, 0) is 7.05 Å². The summed E-state index contributed by atoms with van der Waals surface area (Å²) in [6, 6.07) is 28.4. The van der Waals surface area contributed by atoms with E-state index in [1.165, 1.54) is 11.3 Å². The maximum absolute atomic E-state index is 12.7. The third-order valence-electron chi connectivity index (χ3n) is 5.23. The predicted molar refractivity (Wildman–Crippen MR) is 126 cm³/mol. The number of para-hydroxylation sites is 2. The van der Waals surface area contributed by atoms with Crippen LogP contribution in [0.1, 0.15) is 15.2 Å². The van der Waals surface area contributed by atoms with Gasteiger partial charge in [0.25, 0.3) is 0 Å². The Hall–Kier alpha value is -4.21. The van der Waals surface area contributed by atoms with Crippen LogP contribution in [0.5, 0.6) is 5.75 Å². The molecule has 0 bridgehead atoms. The zero-order chi connectivity index (χ0) is 22.1. The highest BCUT2D eigenvalue weighted by Gasteiger charge is 2.16. The monoisotopic (exact) mass is 435 g/mol.